The minimum atomic E-state index is 0. The average Bonchev–Trinajstić information content (AvgIpc) is 3.05. The van der Waals surface area contributed by atoms with Crippen LogP contribution in [0.1, 0.15) is 30.9 Å². The van der Waals surface area contributed by atoms with Crippen LogP contribution in [0.15, 0.2) is 24.3 Å². The first kappa shape index (κ1) is 16.6. The Balaban J connectivity index is 0.00000156. The number of nitrogens with one attached hydrogen (secondary N) is 1. The lowest BCUT2D eigenvalue weighted by atomic mass is 9.83. The van der Waals surface area contributed by atoms with E-state index in [4.69, 9.17) is 4.74 Å². The number of methoxy groups -OCH3 is 1. The van der Waals surface area contributed by atoms with Gasteiger partial charge in [0.15, 0.2) is 0 Å². The third kappa shape index (κ3) is 2.83. The topological polar surface area (TPSA) is 41.6 Å². The number of hydrogen-bond donors (Lipinski definition) is 1. The lowest BCUT2D eigenvalue weighted by Crippen LogP contribution is -2.40. The zero-order chi connectivity index (χ0) is 15.1. The Bertz CT molecular complexity index is 559. The molecule has 2 saturated heterocycles. The van der Waals surface area contributed by atoms with Gasteiger partial charge in [-0.3, -0.25) is 4.79 Å². The number of carbonyl (C=O) groups excluding carboxylic acids is 1. The Morgan fingerprint density at radius 3 is 2.57 bits per heavy atom. The normalized spacial score (nSPS) is 29.6. The molecule has 0 radical (unpaired) electrons. The van der Waals surface area contributed by atoms with Crippen molar-refractivity contribution in [2.45, 2.75) is 25.3 Å². The fourth-order valence-electron chi connectivity index (χ4n) is 4.27. The van der Waals surface area contributed by atoms with E-state index in [0.29, 0.717) is 17.7 Å². The van der Waals surface area contributed by atoms with Gasteiger partial charge in [-0.05, 0) is 36.5 Å². The monoisotopic (exact) mass is 336 g/mol. The number of hydrogen-bond acceptors (Lipinski definition) is 3. The molecule has 0 bridgehead atoms. The van der Waals surface area contributed by atoms with Crippen molar-refractivity contribution < 1.29 is 9.53 Å². The maximum absolute atomic E-state index is 12.8. The molecule has 1 N–H and O–H groups in total. The molecule has 4 rings (SSSR count). The second-order valence-corrected chi connectivity index (χ2v) is 6.92. The van der Waals surface area contributed by atoms with E-state index >= 15 is 0 Å². The average molecular weight is 337 g/mol. The number of halogens is 1. The van der Waals surface area contributed by atoms with Gasteiger partial charge in [-0.2, -0.15) is 0 Å². The molecule has 1 amide bonds. The maximum Gasteiger partial charge on any atom is 0.226 e. The minimum absolute atomic E-state index is 0. The second kappa shape index (κ2) is 6.70. The fourth-order valence-corrected chi connectivity index (χ4v) is 4.27. The molecule has 3 aliphatic rings. The van der Waals surface area contributed by atoms with E-state index in [2.05, 4.69) is 22.3 Å². The zero-order valence-electron chi connectivity index (χ0n) is 13.5. The van der Waals surface area contributed by atoms with Gasteiger partial charge in [-0.25, -0.2) is 0 Å². The summed E-state index contributed by atoms with van der Waals surface area (Å²) in [7, 11) is 1.69. The van der Waals surface area contributed by atoms with Crippen LogP contribution in [0.3, 0.4) is 0 Å². The Morgan fingerprint density at radius 1 is 1.22 bits per heavy atom. The molecule has 3 fully saturated rings. The number of carbonyl (C=O) groups is 1. The molecule has 4 nitrogen and oxygen atoms in total. The predicted octanol–water partition coefficient (Wildman–Crippen LogP) is 2.64. The summed E-state index contributed by atoms with van der Waals surface area (Å²) in [5, 5.41) is 3.50. The maximum atomic E-state index is 12.8. The highest BCUT2D eigenvalue weighted by molar-refractivity contribution is 5.85. The molecule has 1 saturated carbocycles. The number of nitrogens with zero attached hydrogens (tertiary/aromatic N) is 1. The number of benzene rings is 1. The Kier molecular flexibility index (Phi) is 4.83. The smallest absolute Gasteiger partial charge is 0.226 e. The van der Waals surface area contributed by atoms with Crippen LogP contribution in [0, 0.1) is 17.8 Å². The van der Waals surface area contributed by atoms with Crippen LogP contribution in [-0.4, -0.2) is 37.6 Å². The highest BCUT2D eigenvalue weighted by atomic mass is 35.5. The largest absolute Gasteiger partial charge is 0.497 e. The zero-order valence-corrected chi connectivity index (χ0v) is 14.3. The first-order valence-electron chi connectivity index (χ1n) is 8.43. The molecule has 5 heteroatoms. The third-order valence-corrected chi connectivity index (χ3v) is 5.76. The van der Waals surface area contributed by atoms with Crippen molar-refractivity contribution in [2.24, 2.45) is 17.8 Å². The standard InChI is InChI=1S/C18H24N2O2.ClH/c1-22-15-7-5-12(6-8-15)17-16-10-19-9-14(16)11-20(17)18(21)13-3-2-4-13;/h5-8,13-14,16-17,19H,2-4,9-11H2,1H3;1H/t14-,16-,17+;/m0./s1. The summed E-state index contributed by atoms with van der Waals surface area (Å²) in [5.74, 6) is 2.71. The van der Waals surface area contributed by atoms with Crippen molar-refractivity contribution in [1.29, 1.82) is 0 Å². The minimum Gasteiger partial charge on any atom is -0.497 e. The molecular formula is C18H25ClN2O2. The summed E-state index contributed by atoms with van der Waals surface area (Å²) in [6, 6.07) is 8.52. The Hall–Kier alpha value is -1.26. The highest BCUT2D eigenvalue weighted by Gasteiger charge is 2.48. The van der Waals surface area contributed by atoms with Gasteiger partial charge >= 0.3 is 0 Å². The van der Waals surface area contributed by atoms with Gasteiger partial charge in [0.05, 0.1) is 13.2 Å². The number of amides is 1. The molecule has 0 aromatic heterocycles. The molecule has 3 atom stereocenters. The SMILES string of the molecule is COc1ccc([C@@H]2[C@H]3CNC[C@H]3CN2C(=O)C2CCC2)cc1.Cl. The van der Waals surface area contributed by atoms with E-state index in [1.54, 1.807) is 7.11 Å². The van der Waals surface area contributed by atoms with Crippen LogP contribution >= 0.6 is 12.4 Å². The van der Waals surface area contributed by atoms with E-state index < -0.39 is 0 Å². The molecule has 2 heterocycles. The lowest BCUT2D eigenvalue weighted by molar-refractivity contribution is -0.139. The summed E-state index contributed by atoms with van der Waals surface area (Å²) in [4.78, 5) is 15.0. The van der Waals surface area contributed by atoms with Crippen molar-refractivity contribution in [3.63, 3.8) is 0 Å². The first-order chi connectivity index (χ1) is 10.8. The number of likely N-dealkylation sites (tertiary alicyclic amines) is 1. The van der Waals surface area contributed by atoms with Crippen LogP contribution < -0.4 is 10.1 Å². The van der Waals surface area contributed by atoms with Gasteiger partial charge in [0.2, 0.25) is 5.91 Å². The Morgan fingerprint density at radius 2 is 1.96 bits per heavy atom. The highest BCUT2D eigenvalue weighted by Crippen LogP contribution is 2.45. The molecule has 0 spiro atoms. The van der Waals surface area contributed by atoms with Crippen molar-refractivity contribution >= 4 is 18.3 Å². The van der Waals surface area contributed by atoms with Crippen molar-refractivity contribution in [3.8, 4) is 5.75 Å². The Labute approximate surface area is 144 Å². The van der Waals surface area contributed by atoms with Crippen molar-refractivity contribution in [2.75, 3.05) is 26.7 Å². The molecule has 1 aliphatic carbocycles. The van der Waals surface area contributed by atoms with Crippen LogP contribution in [0.25, 0.3) is 0 Å². The summed E-state index contributed by atoms with van der Waals surface area (Å²) in [6.07, 6.45) is 3.38. The first-order valence-corrected chi connectivity index (χ1v) is 8.43. The number of ether oxygens (including phenoxy) is 1. The summed E-state index contributed by atoms with van der Waals surface area (Å²) in [5.41, 5.74) is 1.25. The van der Waals surface area contributed by atoms with E-state index in [0.717, 1.165) is 38.2 Å². The molecule has 126 valence electrons. The van der Waals surface area contributed by atoms with Crippen molar-refractivity contribution in [1.82, 2.24) is 10.2 Å². The number of rotatable bonds is 3. The second-order valence-electron chi connectivity index (χ2n) is 6.92. The molecular weight excluding hydrogens is 312 g/mol. The van der Waals surface area contributed by atoms with E-state index in [-0.39, 0.29) is 24.4 Å². The fraction of sp³-hybridized carbons (Fsp3) is 0.611. The van der Waals surface area contributed by atoms with Crippen LogP contribution in [0.4, 0.5) is 0 Å². The van der Waals surface area contributed by atoms with E-state index in [1.807, 2.05) is 12.1 Å². The van der Waals surface area contributed by atoms with Gasteiger partial charge in [-0.1, -0.05) is 18.6 Å². The quantitative estimate of drug-likeness (QED) is 0.922. The van der Waals surface area contributed by atoms with Gasteiger partial charge in [0, 0.05) is 31.5 Å². The van der Waals surface area contributed by atoms with Crippen LogP contribution in [0.2, 0.25) is 0 Å². The molecule has 23 heavy (non-hydrogen) atoms. The van der Waals surface area contributed by atoms with Gasteiger partial charge in [0.25, 0.3) is 0 Å². The van der Waals surface area contributed by atoms with Crippen LogP contribution in [0.5, 0.6) is 5.75 Å². The molecule has 0 unspecified atom stereocenters. The molecule has 1 aromatic rings. The predicted molar refractivity (Wildman–Crippen MR) is 91.9 cm³/mol. The summed E-state index contributed by atoms with van der Waals surface area (Å²) < 4.78 is 5.26. The number of fused-ring (bicyclic) bond motifs is 1. The van der Waals surface area contributed by atoms with Crippen molar-refractivity contribution in [3.05, 3.63) is 29.8 Å². The lowest BCUT2D eigenvalue weighted by Gasteiger charge is -2.34. The third-order valence-electron chi connectivity index (χ3n) is 5.76. The van der Waals surface area contributed by atoms with E-state index in [9.17, 15) is 4.79 Å². The molecule has 2 aliphatic heterocycles. The summed E-state index contributed by atoms with van der Waals surface area (Å²) in [6.45, 7) is 2.99. The molecule has 1 aromatic carbocycles. The van der Waals surface area contributed by atoms with E-state index in [1.165, 1.54) is 12.0 Å². The van der Waals surface area contributed by atoms with Gasteiger partial charge in [-0.15, -0.1) is 12.4 Å². The van der Waals surface area contributed by atoms with Gasteiger partial charge < -0.3 is 15.0 Å². The van der Waals surface area contributed by atoms with Gasteiger partial charge in [0.1, 0.15) is 5.75 Å². The van der Waals surface area contributed by atoms with Crippen LogP contribution in [-0.2, 0) is 4.79 Å². The summed E-state index contributed by atoms with van der Waals surface area (Å²) >= 11 is 0.